The van der Waals surface area contributed by atoms with Crippen LogP contribution in [-0.4, -0.2) is 36.5 Å². The Morgan fingerprint density at radius 2 is 1.69 bits per heavy atom. The quantitative estimate of drug-likeness (QED) is 0.681. The van der Waals surface area contributed by atoms with Gasteiger partial charge in [-0.05, 0) is 37.1 Å². The number of benzene rings is 2. The van der Waals surface area contributed by atoms with Crippen LogP contribution in [0.15, 0.2) is 54.6 Å². The summed E-state index contributed by atoms with van der Waals surface area (Å²) in [7, 11) is 1.59. The third kappa shape index (κ3) is 5.70. The van der Waals surface area contributed by atoms with E-state index in [1.54, 1.807) is 30.2 Å². The number of amides is 1. The summed E-state index contributed by atoms with van der Waals surface area (Å²) >= 11 is 0. The number of rotatable bonds is 8. The summed E-state index contributed by atoms with van der Waals surface area (Å²) in [6, 6.07) is 16.8. The Bertz CT molecular complexity index is 728. The molecule has 0 aliphatic carbocycles. The third-order valence-corrected chi connectivity index (χ3v) is 3.94. The maximum Gasteiger partial charge on any atom is 0.338 e. The summed E-state index contributed by atoms with van der Waals surface area (Å²) in [5.74, 6) is -0.732. The molecule has 0 bridgehead atoms. The number of esters is 1. The molecule has 0 aliphatic rings. The molecular formula is C21H25NO4. The van der Waals surface area contributed by atoms with Crippen molar-refractivity contribution in [3.8, 4) is 0 Å². The molecule has 26 heavy (non-hydrogen) atoms. The smallest absolute Gasteiger partial charge is 0.338 e. The first kappa shape index (κ1) is 19.7. The standard InChI is InChI=1S/C21H25NO4/c1-16(2)22(13-17-8-5-4-6-9-17)20(23)15-26-21(24)19-11-7-10-18(12-19)14-25-3/h4-12,16H,13-15H2,1-3H3. The van der Waals surface area contributed by atoms with Gasteiger partial charge < -0.3 is 14.4 Å². The van der Waals surface area contributed by atoms with E-state index in [0.717, 1.165) is 11.1 Å². The van der Waals surface area contributed by atoms with Crippen molar-refractivity contribution < 1.29 is 19.1 Å². The fraction of sp³-hybridized carbons (Fsp3) is 0.333. The van der Waals surface area contributed by atoms with Gasteiger partial charge in [-0.3, -0.25) is 4.79 Å². The maximum atomic E-state index is 12.5. The maximum absolute atomic E-state index is 12.5. The van der Waals surface area contributed by atoms with E-state index in [1.807, 2.05) is 50.2 Å². The lowest BCUT2D eigenvalue weighted by Gasteiger charge is -2.26. The molecule has 0 heterocycles. The Labute approximate surface area is 154 Å². The third-order valence-electron chi connectivity index (χ3n) is 3.94. The van der Waals surface area contributed by atoms with Gasteiger partial charge in [0.05, 0.1) is 12.2 Å². The van der Waals surface area contributed by atoms with Crippen LogP contribution in [0.3, 0.4) is 0 Å². The molecule has 5 nitrogen and oxygen atoms in total. The zero-order valence-corrected chi connectivity index (χ0v) is 15.5. The van der Waals surface area contributed by atoms with Gasteiger partial charge in [0.25, 0.3) is 5.91 Å². The molecule has 0 fully saturated rings. The van der Waals surface area contributed by atoms with Crippen molar-refractivity contribution in [1.82, 2.24) is 4.90 Å². The summed E-state index contributed by atoms with van der Waals surface area (Å²) < 4.78 is 10.3. The molecule has 0 spiro atoms. The van der Waals surface area contributed by atoms with Crippen LogP contribution in [0.25, 0.3) is 0 Å². The Hall–Kier alpha value is -2.66. The minimum atomic E-state index is -0.514. The lowest BCUT2D eigenvalue weighted by Crippen LogP contribution is -2.39. The molecule has 0 N–H and O–H groups in total. The van der Waals surface area contributed by atoms with Gasteiger partial charge in [-0.25, -0.2) is 4.79 Å². The van der Waals surface area contributed by atoms with Gasteiger partial charge in [0.2, 0.25) is 0 Å². The van der Waals surface area contributed by atoms with Crippen LogP contribution in [0.4, 0.5) is 0 Å². The highest BCUT2D eigenvalue weighted by molar-refractivity contribution is 5.91. The van der Waals surface area contributed by atoms with Crippen LogP contribution in [-0.2, 0) is 27.4 Å². The molecule has 2 aromatic rings. The molecule has 5 heteroatoms. The number of methoxy groups -OCH3 is 1. The lowest BCUT2D eigenvalue weighted by molar-refractivity contribution is -0.136. The van der Waals surface area contributed by atoms with E-state index in [1.165, 1.54) is 0 Å². The molecule has 1 amide bonds. The number of ether oxygens (including phenoxy) is 2. The van der Waals surface area contributed by atoms with Crippen molar-refractivity contribution in [2.45, 2.75) is 33.0 Å². The number of hydrogen-bond acceptors (Lipinski definition) is 4. The van der Waals surface area contributed by atoms with Crippen LogP contribution in [0, 0.1) is 0 Å². The highest BCUT2D eigenvalue weighted by Crippen LogP contribution is 2.11. The van der Waals surface area contributed by atoms with Crippen molar-refractivity contribution in [3.05, 3.63) is 71.3 Å². The first-order valence-corrected chi connectivity index (χ1v) is 8.59. The van der Waals surface area contributed by atoms with Crippen molar-refractivity contribution >= 4 is 11.9 Å². The van der Waals surface area contributed by atoms with E-state index in [4.69, 9.17) is 9.47 Å². The monoisotopic (exact) mass is 355 g/mol. The zero-order chi connectivity index (χ0) is 18.9. The van der Waals surface area contributed by atoms with Crippen LogP contribution in [0.2, 0.25) is 0 Å². The Kier molecular flexibility index (Phi) is 7.36. The van der Waals surface area contributed by atoms with E-state index < -0.39 is 5.97 Å². The zero-order valence-electron chi connectivity index (χ0n) is 15.5. The van der Waals surface area contributed by atoms with E-state index >= 15 is 0 Å². The molecule has 0 aromatic heterocycles. The molecule has 0 unspecified atom stereocenters. The Balaban J connectivity index is 1.96. The molecule has 138 valence electrons. The SMILES string of the molecule is COCc1cccc(C(=O)OCC(=O)N(Cc2ccccc2)C(C)C)c1. The number of carbonyl (C=O) groups is 2. The first-order valence-electron chi connectivity index (χ1n) is 8.59. The second-order valence-electron chi connectivity index (χ2n) is 6.31. The predicted octanol–water partition coefficient (Wildman–Crippen LogP) is 3.43. The largest absolute Gasteiger partial charge is 0.452 e. The highest BCUT2D eigenvalue weighted by Gasteiger charge is 2.19. The van der Waals surface area contributed by atoms with E-state index in [9.17, 15) is 9.59 Å². The number of carbonyl (C=O) groups excluding carboxylic acids is 2. The van der Waals surface area contributed by atoms with Gasteiger partial charge in [-0.15, -0.1) is 0 Å². The van der Waals surface area contributed by atoms with Gasteiger partial charge in [0.15, 0.2) is 6.61 Å². The van der Waals surface area contributed by atoms with Crippen LogP contribution >= 0.6 is 0 Å². The molecule has 0 aliphatic heterocycles. The van der Waals surface area contributed by atoms with Gasteiger partial charge >= 0.3 is 5.97 Å². The van der Waals surface area contributed by atoms with E-state index in [0.29, 0.717) is 18.7 Å². The van der Waals surface area contributed by atoms with Gasteiger partial charge in [0, 0.05) is 19.7 Å². The summed E-state index contributed by atoms with van der Waals surface area (Å²) in [6.07, 6.45) is 0. The molecule has 0 saturated heterocycles. The average Bonchev–Trinajstić information content (AvgIpc) is 2.65. The minimum Gasteiger partial charge on any atom is -0.452 e. The summed E-state index contributed by atoms with van der Waals surface area (Å²) in [4.78, 5) is 26.4. The molecular weight excluding hydrogens is 330 g/mol. The van der Waals surface area contributed by atoms with Crippen LogP contribution in [0.1, 0.15) is 35.3 Å². The second kappa shape index (κ2) is 9.73. The first-order chi connectivity index (χ1) is 12.5. The molecule has 0 atom stereocenters. The molecule has 0 saturated carbocycles. The average molecular weight is 355 g/mol. The topological polar surface area (TPSA) is 55.8 Å². The van der Waals surface area contributed by atoms with E-state index in [-0.39, 0.29) is 18.6 Å². The fourth-order valence-electron chi connectivity index (χ4n) is 2.59. The fourth-order valence-corrected chi connectivity index (χ4v) is 2.59. The van der Waals surface area contributed by atoms with Crippen molar-refractivity contribution in [3.63, 3.8) is 0 Å². The van der Waals surface area contributed by atoms with Gasteiger partial charge in [-0.1, -0.05) is 42.5 Å². The summed E-state index contributed by atoms with van der Waals surface area (Å²) in [5, 5.41) is 0. The summed E-state index contributed by atoms with van der Waals surface area (Å²) in [5.41, 5.74) is 2.32. The van der Waals surface area contributed by atoms with Crippen molar-refractivity contribution in [2.24, 2.45) is 0 Å². The predicted molar refractivity (Wildman–Crippen MR) is 99.6 cm³/mol. The normalized spacial score (nSPS) is 10.6. The Morgan fingerprint density at radius 1 is 1.00 bits per heavy atom. The van der Waals surface area contributed by atoms with Crippen molar-refractivity contribution in [2.75, 3.05) is 13.7 Å². The van der Waals surface area contributed by atoms with Crippen molar-refractivity contribution in [1.29, 1.82) is 0 Å². The van der Waals surface area contributed by atoms with Gasteiger partial charge in [0.1, 0.15) is 0 Å². The molecule has 2 aromatic carbocycles. The number of hydrogen-bond donors (Lipinski definition) is 0. The minimum absolute atomic E-state index is 0.00596. The molecule has 0 radical (unpaired) electrons. The van der Waals surface area contributed by atoms with Crippen LogP contribution in [0.5, 0.6) is 0 Å². The highest BCUT2D eigenvalue weighted by atomic mass is 16.5. The molecule has 2 rings (SSSR count). The van der Waals surface area contributed by atoms with Crippen LogP contribution < -0.4 is 0 Å². The number of nitrogens with zero attached hydrogens (tertiary/aromatic N) is 1. The lowest BCUT2D eigenvalue weighted by atomic mass is 10.1. The van der Waals surface area contributed by atoms with Gasteiger partial charge in [-0.2, -0.15) is 0 Å². The Morgan fingerprint density at radius 3 is 2.35 bits per heavy atom. The second-order valence-corrected chi connectivity index (χ2v) is 6.31. The van der Waals surface area contributed by atoms with E-state index in [2.05, 4.69) is 0 Å². The summed E-state index contributed by atoms with van der Waals surface area (Å²) in [6.45, 7) is 4.50.